The van der Waals surface area contributed by atoms with Crippen molar-refractivity contribution in [1.82, 2.24) is 10.6 Å². The van der Waals surface area contributed by atoms with Crippen LogP contribution in [0.3, 0.4) is 0 Å². The third-order valence-electron chi connectivity index (χ3n) is 6.21. The van der Waals surface area contributed by atoms with Gasteiger partial charge in [0.05, 0.1) is 0 Å². The van der Waals surface area contributed by atoms with Gasteiger partial charge < -0.3 is 20.5 Å². The summed E-state index contributed by atoms with van der Waals surface area (Å²) < 4.78 is 5.51. The largest absolute Gasteiger partial charge is 0.480 e. The highest BCUT2D eigenvalue weighted by Gasteiger charge is 2.44. The molecule has 0 radical (unpaired) electrons. The molecule has 3 atom stereocenters. The fraction of sp³-hybridized carbons (Fsp3) is 0.346. The first-order chi connectivity index (χ1) is 16.0. The summed E-state index contributed by atoms with van der Waals surface area (Å²) in [5.41, 5.74) is 4.62. The fourth-order valence-corrected chi connectivity index (χ4v) is 4.34. The normalized spacial score (nSPS) is 18.7. The molecule has 0 heterocycles. The van der Waals surface area contributed by atoms with Crippen molar-refractivity contribution in [2.45, 2.75) is 31.7 Å². The van der Waals surface area contributed by atoms with Crippen molar-refractivity contribution in [3.8, 4) is 23.0 Å². The minimum Gasteiger partial charge on any atom is -0.480 e. The maximum Gasteiger partial charge on any atom is 0.407 e. The molecule has 2 amide bonds. The smallest absolute Gasteiger partial charge is 0.407 e. The van der Waals surface area contributed by atoms with Gasteiger partial charge in [-0.25, -0.2) is 9.59 Å². The second kappa shape index (κ2) is 9.78. The van der Waals surface area contributed by atoms with Crippen molar-refractivity contribution in [2.75, 3.05) is 13.2 Å². The number of alkyl carbamates (subject to hydrolysis) is 1. The van der Waals surface area contributed by atoms with Crippen molar-refractivity contribution in [3.63, 3.8) is 0 Å². The highest BCUT2D eigenvalue weighted by Crippen LogP contribution is 2.44. The number of carbonyl (C=O) groups is 3. The van der Waals surface area contributed by atoms with E-state index in [1.54, 1.807) is 6.92 Å². The van der Waals surface area contributed by atoms with Crippen molar-refractivity contribution in [3.05, 3.63) is 59.7 Å². The molecule has 1 unspecified atom stereocenters. The maximum absolute atomic E-state index is 12.3. The summed E-state index contributed by atoms with van der Waals surface area (Å²) in [4.78, 5) is 35.9. The zero-order valence-electron chi connectivity index (χ0n) is 18.3. The first kappa shape index (κ1) is 22.4. The topological polar surface area (TPSA) is 105 Å². The lowest BCUT2D eigenvalue weighted by atomic mass is 9.98. The highest BCUT2D eigenvalue weighted by atomic mass is 16.5. The van der Waals surface area contributed by atoms with E-state index in [0.717, 1.165) is 11.1 Å². The minimum atomic E-state index is -1.11. The molecule has 1 saturated carbocycles. The Balaban J connectivity index is 1.25. The predicted octanol–water partition coefficient (Wildman–Crippen LogP) is 3.14. The van der Waals surface area contributed by atoms with Gasteiger partial charge in [-0.05, 0) is 41.5 Å². The summed E-state index contributed by atoms with van der Waals surface area (Å²) in [5.74, 6) is 3.52. The minimum absolute atomic E-state index is 0.0122. The molecule has 1 fully saturated rings. The summed E-state index contributed by atoms with van der Waals surface area (Å²) in [6.07, 6.45) is 0.137. The zero-order chi connectivity index (χ0) is 23.4. The van der Waals surface area contributed by atoms with Crippen LogP contribution in [0.25, 0.3) is 11.1 Å². The quantitative estimate of drug-likeness (QED) is 0.541. The van der Waals surface area contributed by atoms with E-state index in [4.69, 9.17) is 4.74 Å². The first-order valence-electron chi connectivity index (χ1n) is 11.0. The number of amides is 2. The van der Waals surface area contributed by atoms with Crippen molar-refractivity contribution in [1.29, 1.82) is 0 Å². The number of nitrogens with one attached hydrogen (secondary N) is 2. The molecule has 2 aromatic rings. The molecule has 2 aromatic carbocycles. The molecule has 0 bridgehead atoms. The number of carboxylic acids is 1. The van der Waals surface area contributed by atoms with Gasteiger partial charge in [-0.1, -0.05) is 48.5 Å². The molecule has 0 aromatic heterocycles. The van der Waals surface area contributed by atoms with Crippen LogP contribution in [0, 0.1) is 23.7 Å². The molecule has 170 valence electrons. The zero-order valence-corrected chi connectivity index (χ0v) is 18.3. The molecule has 7 heteroatoms. The fourth-order valence-electron chi connectivity index (χ4n) is 4.34. The van der Waals surface area contributed by atoms with Crippen LogP contribution in [0.2, 0.25) is 0 Å². The summed E-state index contributed by atoms with van der Waals surface area (Å²) >= 11 is 0. The second-order valence-corrected chi connectivity index (χ2v) is 8.34. The Labute approximate surface area is 192 Å². The molecular weight excluding hydrogens is 420 g/mol. The third kappa shape index (κ3) is 5.01. The van der Waals surface area contributed by atoms with E-state index in [2.05, 4.69) is 46.7 Å². The van der Waals surface area contributed by atoms with Gasteiger partial charge in [0, 0.05) is 24.8 Å². The number of carbonyl (C=O) groups excluding carboxylic acids is 2. The maximum atomic E-state index is 12.3. The van der Waals surface area contributed by atoms with Crippen LogP contribution < -0.4 is 10.6 Å². The summed E-state index contributed by atoms with van der Waals surface area (Å²) in [6, 6.07) is 15.2. The van der Waals surface area contributed by atoms with Crippen LogP contribution in [0.5, 0.6) is 0 Å². The number of carboxylic acid groups (broad SMARTS) is 1. The molecule has 7 nitrogen and oxygen atoms in total. The number of fused-ring (bicyclic) bond motifs is 3. The number of aliphatic carboxylic acids is 1. The molecule has 33 heavy (non-hydrogen) atoms. The van der Waals surface area contributed by atoms with Crippen LogP contribution in [0.4, 0.5) is 4.79 Å². The molecule has 0 aliphatic heterocycles. The van der Waals surface area contributed by atoms with Gasteiger partial charge in [0.25, 0.3) is 0 Å². The molecule has 3 N–H and O–H groups in total. The number of hydrogen-bond acceptors (Lipinski definition) is 4. The van der Waals surface area contributed by atoms with Gasteiger partial charge >= 0.3 is 12.1 Å². The van der Waals surface area contributed by atoms with Crippen LogP contribution in [0.15, 0.2) is 48.5 Å². The van der Waals surface area contributed by atoms with Crippen molar-refractivity contribution >= 4 is 18.0 Å². The second-order valence-electron chi connectivity index (χ2n) is 8.34. The van der Waals surface area contributed by atoms with E-state index in [-0.39, 0.29) is 36.7 Å². The molecular formula is C26H26N2O5. The van der Waals surface area contributed by atoms with Crippen LogP contribution >= 0.6 is 0 Å². The Morgan fingerprint density at radius 1 is 1.09 bits per heavy atom. The highest BCUT2D eigenvalue weighted by molar-refractivity contribution is 5.87. The summed E-state index contributed by atoms with van der Waals surface area (Å²) in [6.45, 7) is 2.15. The van der Waals surface area contributed by atoms with E-state index in [9.17, 15) is 19.5 Å². The van der Waals surface area contributed by atoms with E-state index in [1.807, 2.05) is 24.3 Å². The van der Waals surface area contributed by atoms with Gasteiger partial charge in [-0.3, -0.25) is 4.79 Å². The molecule has 0 saturated heterocycles. The van der Waals surface area contributed by atoms with Gasteiger partial charge in [0.15, 0.2) is 0 Å². The monoisotopic (exact) mass is 446 g/mol. The van der Waals surface area contributed by atoms with Crippen LogP contribution in [-0.2, 0) is 14.3 Å². The van der Waals surface area contributed by atoms with Crippen LogP contribution in [0.1, 0.15) is 36.8 Å². The predicted molar refractivity (Wildman–Crippen MR) is 122 cm³/mol. The summed E-state index contributed by atoms with van der Waals surface area (Å²) in [7, 11) is 0. The molecule has 2 aliphatic rings. The Bertz CT molecular complexity index is 1090. The van der Waals surface area contributed by atoms with E-state index < -0.39 is 18.1 Å². The lowest BCUT2D eigenvalue weighted by Gasteiger charge is -2.14. The van der Waals surface area contributed by atoms with E-state index in [0.29, 0.717) is 13.0 Å². The first-order valence-corrected chi connectivity index (χ1v) is 11.0. The van der Waals surface area contributed by atoms with Gasteiger partial charge in [-0.2, -0.15) is 0 Å². The Morgan fingerprint density at radius 3 is 2.33 bits per heavy atom. The Hall–Kier alpha value is -3.79. The SMILES string of the molecule is CC#CCC(NC(=O)[C@H]1C[C@H]1CNC(=O)OCC1c2ccccc2-c2ccccc21)C(=O)O. The molecule has 4 rings (SSSR count). The number of ether oxygens (including phenoxy) is 1. The van der Waals surface area contributed by atoms with Gasteiger partial charge in [-0.15, -0.1) is 11.8 Å². The average Bonchev–Trinajstić information content (AvgIpc) is 3.54. The average molecular weight is 447 g/mol. The number of rotatable bonds is 8. The van der Waals surface area contributed by atoms with E-state index in [1.165, 1.54) is 11.1 Å². The number of benzene rings is 2. The van der Waals surface area contributed by atoms with Gasteiger partial charge in [0.1, 0.15) is 12.6 Å². The molecule has 2 aliphatic carbocycles. The standard InChI is InChI=1S/C26H26N2O5/c1-2-3-12-23(25(30)31)28-24(29)21-13-16(21)14-27-26(32)33-15-22-19-10-6-4-8-17(19)18-9-5-7-11-20(18)22/h4-11,16,21-23H,12-15H2,1H3,(H,27,32)(H,28,29)(H,30,31)/t16-,21-,23?/m0/s1. The van der Waals surface area contributed by atoms with Crippen molar-refractivity contribution in [2.24, 2.45) is 11.8 Å². The molecule has 0 spiro atoms. The Morgan fingerprint density at radius 2 is 1.73 bits per heavy atom. The summed E-state index contributed by atoms with van der Waals surface area (Å²) in [5, 5.41) is 14.5. The van der Waals surface area contributed by atoms with Gasteiger partial charge in [0.2, 0.25) is 5.91 Å². The third-order valence-corrected chi connectivity index (χ3v) is 6.21. The lowest BCUT2D eigenvalue weighted by molar-refractivity contribution is -0.141. The Kier molecular flexibility index (Phi) is 6.64. The van der Waals surface area contributed by atoms with E-state index >= 15 is 0 Å². The van der Waals surface area contributed by atoms with Crippen LogP contribution in [-0.4, -0.2) is 42.3 Å². The lowest BCUT2D eigenvalue weighted by Crippen LogP contribution is -2.41. The van der Waals surface area contributed by atoms with Crippen molar-refractivity contribution < 1.29 is 24.2 Å². The number of hydrogen-bond donors (Lipinski definition) is 3.